The maximum Gasteiger partial charge on any atom is 0.373 e. The SMILES string of the molecule is CC1(N(C(=O)Nc2ccc(Cl)cc2)c2ccc(Cl)cc2)COC1.COC(=O)C1(Nc2ccc(Cl)cc2)COC1.Cc1cccc(Br)c1.Cc1cccc(C2(O)N(c3ccc(Cl)cc3)C(=O)N(c3ccc(Cl)cc3)C23COC3)c1.Clc1ccc(I)cc1.NC1(C(=O)O)COC1.O=C(O)C1(Nc2ccc(Cl)cc2)COC1.O=C1N(c2ccc(Cl)cc2)C(=O)C2(COC2)N1c1ccc(Cl)cc1.O=C=Nc1ccc(Cl)cc1.O=C=O. The maximum absolute atomic E-state index is 13.9. The van der Waals surface area contributed by atoms with E-state index in [0.29, 0.717) is 111 Å². The van der Waals surface area contributed by atoms with Gasteiger partial charge < -0.3 is 70.2 Å². The quantitative estimate of drug-likeness (QED) is 0.0155. The minimum absolute atomic E-state index is 0.141. The highest BCUT2D eigenvalue weighted by molar-refractivity contribution is 14.1. The fourth-order valence-corrected chi connectivity index (χ4v) is 17.1. The van der Waals surface area contributed by atoms with Gasteiger partial charge in [-0.1, -0.05) is 179 Å². The molecule has 8 heterocycles. The zero-order valence-corrected chi connectivity index (χ0v) is 89.1. The van der Waals surface area contributed by atoms with Gasteiger partial charge in [0.05, 0.1) is 103 Å². The fourth-order valence-electron chi connectivity index (χ4n) is 15.0. The van der Waals surface area contributed by atoms with Crippen molar-refractivity contribution in [1.29, 1.82) is 0 Å². The minimum Gasteiger partial charge on any atom is -0.480 e. The highest BCUT2D eigenvalue weighted by Gasteiger charge is 2.72. The normalized spacial score (nSPS) is 17.0. The van der Waals surface area contributed by atoms with E-state index in [1.165, 1.54) is 37.0 Å². The number of hydrogen-bond acceptors (Lipinski definition) is 22. The first kappa shape index (κ1) is 115. The number of isocyanates is 1. The van der Waals surface area contributed by atoms with Crippen molar-refractivity contribution in [3.63, 3.8) is 0 Å². The van der Waals surface area contributed by atoms with Gasteiger partial charge in [0.1, 0.15) is 5.54 Å². The summed E-state index contributed by atoms with van der Waals surface area (Å²) in [7, 11) is 1.37. The Kier molecular flexibility index (Phi) is 41.4. The molecule has 0 saturated carbocycles. The first-order valence-electron chi connectivity index (χ1n) is 43.7. The number of carbonyl (C=O) groups excluding carboxylic acids is 8. The van der Waals surface area contributed by atoms with Gasteiger partial charge in [-0.25, -0.2) is 33.7 Å². The van der Waals surface area contributed by atoms with Gasteiger partial charge in [0.25, 0.3) is 5.91 Å². The molecule has 8 saturated heterocycles. The molecule has 146 heavy (non-hydrogen) atoms. The molecule has 42 heteroatoms. The number of nitrogens with two attached hydrogens (primary N) is 1. The predicted molar refractivity (Wildman–Crippen MR) is 577 cm³/mol. The van der Waals surface area contributed by atoms with Crippen LogP contribution in [-0.4, -0.2) is 189 Å². The highest BCUT2D eigenvalue weighted by Crippen LogP contribution is 2.55. The van der Waals surface area contributed by atoms with Crippen molar-refractivity contribution in [3.05, 3.63) is 366 Å². The predicted octanol–water partition coefficient (Wildman–Crippen LogP) is 23.4. The number of aryl methyl sites for hydroxylation is 2. The zero-order chi connectivity index (χ0) is 106. The number of methoxy groups -OCH3 is 1. The Hall–Kier alpha value is -11.3. The molecule has 12 aromatic rings. The molecule has 8 aliphatic heterocycles. The van der Waals surface area contributed by atoms with Crippen molar-refractivity contribution in [3.8, 4) is 0 Å². The number of nitrogens with one attached hydrogen (secondary N) is 3. The van der Waals surface area contributed by atoms with Crippen LogP contribution in [0.2, 0.25) is 50.2 Å². The Balaban J connectivity index is 0.000000162. The second kappa shape index (κ2) is 52.5. The van der Waals surface area contributed by atoms with Crippen LogP contribution in [0.3, 0.4) is 0 Å². The first-order valence-corrected chi connectivity index (χ1v) is 49.4. The van der Waals surface area contributed by atoms with Crippen molar-refractivity contribution in [2.45, 2.75) is 59.7 Å². The van der Waals surface area contributed by atoms with Crippen LogP contribution < -0.4 is 46.2 Å². The summed E-state index contributed by atoms with van der Waals surface area (Å²) in [5.74, 6) is -2.49. The Bertz CT molecular complexity index is 6550. The lowest BCUT2D eigenvalue weighted by molar-refractivity contribution is -0.192. The number of aliphatic hydroxyl groups is 1. The van der Waals surface area contributed by atoms with Crippen LogP contribution in [0.15, 0.2) is 301 Å². The second-order valence-electron chi connectivity index (χ2n) is 33.6. The third kappa shape index (κ3) is 28.8. The number of benzene rings is 12. The van der Waals surface area contributed by atoms with Crippen molar-refractivity contribution in [2.24, 2.45) is 10.7 Å². The van der Waals surface area contributed by atoms with Crippen molar-refractivity contribution in [2.75, 3.05) is 127 Å². The van der Waals surface area contributed by atoms with Crippen LogP contribution in [0.4, 0.5) is 65.6 Å². The zero-order valence-electron chi connectivity index (χ0n) is 77.8. The van der Waals surface area contributed by atoms with Crippen LogP contribution in [0, 0.1) is 17.4 Å². The third-order valence-corrected chi connectivity index (χ3v) is 26.6. The molecular formula is C104H92BrCl10IN10O20. The molecule has 1 unspecified atom stereocenters. The summed E-state index contributed by atoms with van der Waals surface area (Å²) in [6.45, 7) is 9.02. The van der Waals surface area contributed by atoms with Gasteiger partial charge >= 0.3 is 42.2 Å². The van der Waals surface area contributed by atoms with E-state index >= 15 is 0 Å². The summed E-state index contributed by atoms with van der Waals surface area (Å²) in [6.07, 6.45) is 1.69. The number of nitrogens with zero attached hydrogens (tertiary/aromatic N) is 6. The number of aliphatic imine (C=N–C) groups is 1. The summed E-state index contributed by atoms with van der Waals surface area (Å²) in [5, 5.41) is 44.8. The number of esters is 1. The summed E-state index contributed by atoms with van der Waals surface area (Å²) >= 11 is 64.1. The van der Waals surface area contributed by atoms with Crippen molar-refractivity contribution >= 4 is 260 Å². The summed E-state index contributed by atoms with van der Waals surface area (Å²) in [6, 6.07) is 84.7. The van der Waals surface area contributed by atoms with Gasteiger partial charge in [0.15, 0.2) is 22.2 Å². The lowest BCUT2D eigenvalue weighted by Crippen LogP contribution is -2.70. The molecule has 0 radical (unpaired) electrons. The largest absolute Gasteiger partial charge is 0.480 e. The van der Waals surface area contributed by atoms with E-state index in [-0.39, 0.29) is 88.5 Å². The van der Waals surface area contributed by atoms with Gasteiger partial charge in [-0.3, -0.25) is 29.2 Å². The molecule has 7 amide bonds. The Morgan fingerprint density at radius 2 is 0.808 bits per heavy atom. The highest BCUT2D eigenvalue weighted by atomic mass is 127. The fraction of sp³-hybridized carbons (Fsp3) is 0.221. The van der Waals surface area contributed by atoms with Crippen LogP contribution in [-0.2, 0) is 72.4 Å². The third-order valence-electron chi connectivity index (χ3n) is 22.8. The standard InChI is InChI=1S/C24H20Cl2N2O3.C17H12Cl2N2O3.C17H16Cl2N2O2.C11H12ClNO3.C10H10ClNO3.C7H7Br.C7H4ClNO.C6H4ClI.C4H7NO3.CO2/c1-16-3-2-4-17(13-16)24(30)23(14-31-15-23)27(20-9-5-18(25)6-10-20)22(29)28(24)21-11-7-19(26)8-12-21;18-11-1-5-13(6-2-11)20-15(22)17(9-24-10-17)21(16(20)23)14-7-3-12(19)4-8-14;1-17(10-23-11-17)21(15-8-4-13(19)5-9-15)16(22)20-14-6-2-12(18)3-7-14;1-15-10(14)11(6-16-7-11)13-9-4-2-8(12)3-5-9;11-7-1-3-8(4-2-7)12-10(9(13)14)5-15-6-10;1-6-3-2-4-7(8)5-6;8-6-1-3-7(4-2-6)9-5-10;7-5-1-3-6(8)4-2-5;5-4(3(6)7)1-8-2-4;2-1-3/h2-13,30H,14-15H2,1H3;1-8H,9-10H2;2-9H,10-11H2,1H3,(H,20,22);2-5,13H,6-7H2,1H3;1-4,12H,5-6H2,(H,13,14);2-5H,1H3;1-4H;1-4H;1-2,5H2,(H,6,7);. The summed E-state index contributed by atoms with van der Waals surface area (Å²) in [5.41, 5.74) is 7.09. The molecule has 0 aromatic heterocycles. The molecule has 8 fully saturated rings. The van der Waals surface area contributed by atoms with Gasteiger partial charge in [-0.05, 0) is 298 Å². The maximum atomic E-state index is 13.9. The van der Waals surface area contributed by atoms with Crippen LogP contribution in [0.25, 0.3) is 0 Å². The topological polar surface area (TPSA) is 387 Å². The van der Waals surface area contributed by atoms with Gasteiger partial charge in [-0.2, -0.15) is 14.6 Å². The smallest absolute Gasteiger partial charge is 0.373 e. The molecule has 2 spiro atoms. The number of hydrogen-bond donors (Lipinski definition) is 7. The number of imide groups is 1. The molecule has 8 aliphatic rings. The number of aliphatic carboxylic acids is 2. The minimum atomic E-state index is -1.66. The Labute approximate surface area is 911 Å². The Morgan fingerprint density at radius 3 is 1.14 bits per heavy atom. The number of amides is 7. The van der Waals surface area contributed by atoms with E-state index in [2.05, 4.69) is 83.3 Å². The van der Waals surface area contributed by atoms with E-state index in [1.54, 1.807) is 204 Å². The number of anilines is 8. The number of rotatable bonds is 16. The first-order chi connectivity index (χ1) is 69.6. The molecule has 762 valence electrons. The molecule has 30 nitrogen and oxygen atoms in total. The average Bonchev–Trinajstić information content (AvgIpc) is 1.51. The molecular weight excluding hydrogens is 2270 g/mol. The average molecular weight is 2360 g/mol. The molecule has 8 N–H and O–H groups in total. The summed E-state index contributed by atoms with van der Waals surface area (Å²) < 4.78 is 37.9. The van der Waals surface area contributed by atoms with E-state index < -0.39 is 51.4 Å². The molecule has 1 atom stereocenters. The van der Waals surface area contributed by atoms with E-state index in [1.807, 2.05) is 98.8 Å². The van der Waals surface area contributed by atoms with Crippen molar-refractivity contribution in [1.82, 2.24) is 0 Å². The van der Waals surface area contributed by atoms with Crippen LogP contribution in [0.5, 0.6) is 0 Å². The number of carbonyl (C=O) groups is 7. The number of halogens is 12. The van der Waals surface area contributed by atoms with Gasteiger partial charge in [0, 0.05) is 104 Å². The van der Waals surface area contributed by atoms with Crippen molar-refractivity contribution < 1.29 is 96.4 Å². The van der Waals surface area contributed by atoms with E-state index in [9.17, 15) is 43.5 Å². The van der Waals surface area contributed by atoms with E-state index in [4.69, 9.17) is 170 Å². The number of carboxylic acid groups (broad SMARTS) is 2. The lowest BCUT2D eigenvalue weighted by Gasteiger charge is -2.51. The van der Waals surface area contributed by atoms with E-state index in [0.717, 1.165) is 32.1 Å². The monoisotopic (exact) mass is 2360 g/mol. The molecule has 0 bridgehead atoms. The van der Waals surface area contributed by atoms with Gasteiger partial charge in [0.2, 0.25) is 11.8 Å². The summed E-state index contributed by atoms with van der Waals surface area (Å²) in [4.78, 5) is 122. The number of carboxylic acids is 2. The molecule has 12 aromatic carbocycles. The van der Waals surface area contributed by atoms with Crippen LogP contribution in [0.1, 0.15) is 23.6 Å². The van der Waals surface area contributed by atoms with Crippen LogP contribution >= 0.6 is 155 Å². The molecule has 20 rings (SSSR count). The lowest BCUT2D eigenvalue weighted by atomic mass is 9.78. The number of ether oxygens (including phenoxy) is 7. The second-order valence-corrected chi connectivity index (χ2v) is 40.1. The molecule has 0 aliphatic carbocycles. The number of urea groups is 3. The Morgan fingerprint density at radius 1 is 0.445 bits per heavy atom. The van der Waals surface area contributed by atoms with Gasteiger partial charge in [-0.15, -0.1) is 0 Å².